The fourth-order valence-electron chi connectivity index (χ4n) is 1.88. The normalized spacial score (nSPS) is 10.4. The Morgan fingerprint density at radius 2 is 2.00 bits per heavy atom. The first-order valence-corrected chi connectivity index (χ1v) is 6.92. The van der Waals surface area contributed by atoms with Crippen molar-refractivity contribution in [1.29, 1.82) is 0 Å². The van der Waals surface area contributed by atoms with E-state index in [1.807, 2.05) is 0 Å². The number of rotatable bonds is 5. The standard InChI is InChI=1S/C15H13BrFNO3/c16-11-5-10(15(17)12(18)7-11)8-21-13-4-2-1-3-9(13)6-14(19)20/h1-5,7H,6,8,18H2,(H,19,20). The van der Waals surface area contributed by atoms with Gasteiger partial charge in [-0.25, -0.2) is 4.39 Å². The Morgan fingerprint density at radius 3 is 2.71 bits per heavy atom. The highest BCUT2D eigenvalue weighted by molar-refractivity contribution is 9.10. The number of nitrogens with two attached hydrogens (primary N) is 1. The van der Waals surface area contributed by atoms with E-state index in [1.165, 1.54) is 6.07 Å². The first-order chi connectivity index (χ1) is 9.97. The van der Waals surface area contributed by atoms with Crippen LogP contribution in [0, 0.1) is 5.82 Å². The maximum absolute atomic E-state index is 13.9. The topological polar surface area (TPSA) is 72.5 Å². The van der Waals surface area contributed by atoms with Crippen LogP contribution >= 0.6 is 15.9 Å². The van der Waals surface area contributed by atoms with Crippen LogP contribution in [-0.4, -0.2) is 11.1 Å². The molecule has 6 heteroatoms. The molecule has 0 saturated heterocycles. The summed E-state index contributed by atoms with van der Waals surface area (Å²) in [6.07, 6.45) is -0.153. The van der Waals surface area contributed by atoms with Gasteiger partial charge in [0.15, 0.2) is 5.82 Å². The number of nitrogen functional groups attached to an aromatic ring is 1. The minimum Gasteiger partial charge on any atom is -0.488 e. The van der Waals surface area contributed by atoms with Crippen LogP contribution in [0.1, 0.15) is 11.1 Å². The third-order valence-corrected chi connectivity index (χ3v) is 3.30. The van der Waals surface area contributed by atoms with E-state index in [0.717, 1.165) is 0 Å². The van der Waals surface area contributed by atoms with Gasteiger partial charge in [-0.15, -0.1) is 0 Å². The summed E-state index contributed by atoms with van der Waals surface area (Å²) < 4.78 is 20.1. The van der Waals surface area contributed by atoms with Crippen LogP contribution in [0.4, 0.5) is 10.1 Å². The monoisotopic (exact) mass is 353 g/mol. The van der Waals surface area contributed by atoms with E-state index >= 15 is 0 Å². The van der Waals surface area contributed by atoms with Crippen LogP contribution in [0.5, 0.6) is 5.75 Å². The highest BCUT2D eigenvalue weighted by atomic mass is 79.9. The molecule has 0 aliphatic carbocycles. The molecule has 0 fully saturated rings. The lowest BCUT2D eigenvalue weighted by Gasteiger charge is -2.12. The van der Waals surface area contributed by atoms with Crippen LogP contribution in [-0.2, 0) is 17.8 Å². The van der Waals surface area contributed by atoms with Crippen molar-refractivity contribution in [1.82, 2.24) is 0 Å². The molecule has 0 radical (unpaired) electrons. The fourth-order valence-corrected chi connectivity index (χ4v) is 2.41. The number of ether oxygens (including phenoxy) is 1. The van der Waals surface area contributed by atoms with Crippen LogP contribution in [0.25, 0.3) is 0 Å². The molecule has 2 aromatic rings. The quantitative estimate of drug-likeness (QED) is 0.808. The van der Waals surface area contributed by atoms with Crippen molar-refractivity contribution in [2.75, 3.05) is 5.73 Å². The van der Waals surface area contributed by atoms with Gasteiger partial charge in [0.1, 0.15) is 12.4 Å². The van der Waals surface area contributed by atoms with Gasteiger partial charge in [-0.1, -0.05) is 34.1 Å². The number of aliphatic carboxylic acids is 1. The van der Waals surface area contributed by atoms with Crippen molar-refractivity contribution in [3.63, 3.8) is 0 Å². The summed E-state index contributed by atoms with van der Waals surface area (Å²) in [5.41, 5.74) is 6.41. The van der Waals surface area contributed by atoms with Gasteiger partial charge < -0.3 is 15.6 Å². The van der Waals surface area contributed by atoms with E-state index in [4.69, 9.17) is 15.6 Å². The fraction of sp³-hybridized carbons (Fsp3) is 0.133. The minimum absolute atomic E-state index is 0.0294. The number of carboxylic acid groups (broad SMARTS) is 1. The second kappa shape index (κ2) is 6.58. The SMILES string of the molecule is Nc1cc(Br)cc(COc2ccccc2CC(=O)O)c1F. The molecule has 0 spiro atoms. The van der Waals surface area contributed by atoms with Crippen molar-refractivity contribution < 1.29 is 19.0 Å². The summed E-state index contributed by atoms with van der Waals surface area (Å²) in [5.74, 6) is -1.07. The summed E-state index contributed by atoms with van der Waals surface area (Å²) in [5, 5.41) is 8.86. The Hall–Kier alpha value is -2.08. The summed E-state index contributed by atoms with van der Waals surface area (Å²) in [4.78, 5) is 10.8. The van der Waals surface area contributed by atoms with Gasteiger partial charge in [0.05, 0.1) is 12.1 Å². The Bertz CT molecular complexity index is 676. The van der Waals surface area contributed by atoms with Gasteiger partial charge in [0, 0.05) is 15.6 Å². The lowest BCUT2D eigenvalue weighted by molar-refractivity contribution is -0.136. The Kier molecular flexibility index (Phi) is 4.80. The lowest BCUT2D eigenvalue weighted by Crippen LogP contribution is -2.06. The third-order valence-electron chi connectivity index (χ3n) is 2.84. The molecule has 0 heterocycles. The highest BCUT2D eigenvalue weighted by Gasteiger charge is 2.11. The predicted molar refractivity (Wildman–Crippen MR) is 80.6 cm³/mol. The second-order valence-corrected chi connectivity index (χ2v) is 5.35. The van der Waals surface area contributed by atoms with Crippen LogP contribution in [0.15, 0.2) is 40.9 Å². The van der Waals surface area contributed by atoms with Crippen LogP contribution in [0.2, 0.25) is 0 Å². The summed E-state index contributed by atoms with van der Waals surface area (Å²) in [6.45, 7) is -0.0356. The maximum atomic E-state index is 13.9. The molecular weight excluding hydrogens is 341 g/mol. The molecule has 0 aromatic heterocycles. The highest BCUT2D eigenvalue weighted by Crippen LogP contribution is 2.25. The molecule has 110 valence electrons. The number of halogens is 2. The number of benzene rings is 2. The average molecular weight is 354 g/mol. The molecule has 21 heavy (non-hydrogen) atoms. The van der Waals surface area contributed by atoms with E-state index in [-0.39, 0.29) is 18.7 Å². The predicted octanol–water partition coefficient (Wildman–Crippen LogP) is 3.38. The van der Waals surface area contributed by atoms with Gasteiger partial charge in [0.25, 0.3) is 0 Å². The number of carboxylic acids is 1. The molecule has 0 amide bonds. The molecular formula is C15H13BrFNO3. The Morgan fingerprint density at radius 1 is 1.29 bits per heavy atom. The summed E-state index contributed by atoms with van der Waals surface area (Å²) in [7, 11) is 0. The first kappa shape index (κ1) is 15.3. The number of carbonyl (C=O) groups is 1. The molecule has 0 aliphatic heterocycles. The van der Waals surface area contributed by atoms with Crippen LogP contribution in [0.3, 0.4) is 0 Å². The first-order valence-electron chi connectivity index (χ1n) is 6.13. The molecule has 0 atom stereocenters. The third kappa shape index (κ3) is 3.95. The lowest BCUT2D eigenvalue weighted by atomic mass is 10.1. The van der Waals surface area contributed by atoms with Gasteiger partial charge in [-0.3, -0.25) is 4.79 Å². The van der Waals surface area contributed by atoms with Crippen LogP contribution < -0.4 is 10.5 Å². The van der Waals surface area contributed by atoms with Crippen molar-refractivity contribution in [3.8, 4) is 5.75 Å². The smallest absolute Gasteiger partial charge is 0.307 e. The number of para-hydroxylation sites is 1. The molecule has 2 rings (SSSR count). The summed E-state index contributed by atoms with van der Waals surface area (Å²) in [6, 6.07) is 9.81. The molecule has 2 aromatic carbocycles. The average Bonchev–Trinajstić information content (AvgIpc) is 2.42. The van der Waals surface area contributed by atoms with Crippen molar-refractivity contribution >= 4 is 27.6 Å². The van der Waals surface area contributed by atoms with Gasteiger partial charge in [0.2, 0.25) is 0 Å². The van der Waals surface area contributed by atoms with E-state index in [9.17, 15) is 9.18 Å². The molecule has 0 bridgehead atoms. The van der Waals surface area contributed by atoms with E-state index in [2.05, 4.69) is 15.9 Å². The van der Waals surface area contributed by atoms with Crippen molar-refractivity contribution in [2.24, 2.45) is 0 Å². The second-order valence-electron chi connectivity index (χ2n) is 4.44. The zero-order chi connectivity index (χ0) is 15.4. The van der Waals surface area contributed by atoms with Gasteiger partial charge >= 0.3 is 5.97 Å². The number of hydrogen-bond acceptors (Lipinski definition) is 3. The van der Waals surface area contributed by atoms with Gasteiger partial charge in [-0.05, 0) is 18.2 Å². The van der Waals surface area contributed by atoms with E-state index < -0.39 is 11.8 Å². The van der Waals surface area contributed by atoms with Crippen molar-refractivity contribution in [2.45, 2.75) is 13.0 Å². The Labute approximate surface area is 129 Å². The van der Waals surface area contributed by atoms with E-state index in [1.54, 1.807) is 30.3 Å². The largest absolute Gasteiger partial charge is 0.488 e. The minimum atomic E-state index is -0.955. The molecule has 4 nitrogen and oxygen atoms in total. The molecule has 0 saturated carbocycles. The molecule has 0 unspecified atom stereocenters. The molecule has 3 N–H and O–H groups in total. The number of hydrogen-bond donors (Lipinski definition) is 2. The maximum Gasteiger partial charge on any atom is 0.307 e. The Balaban J connectivity index is 2.19. The molecule has 0 aliphatic rings. The van der Waals surface area contributed by atoms with Crippen molar-refractivity contribution in [3.05, 3.63) is 57.8 Å². The zero-order valence-electron chi connectivity index (χ0n) is 11.0. The number of anilines is 1. The van der Waals surface area contributed by atoms with E-state index in [0.29, 0.717) is 21.3 Å². The summed E-state index contributed by atoms with van der Waals surface area (Å²) >= 11 is 3.24. The zero-order valence-corrected chi connectivity index (χ0v) is 12.6. The van der Waals surface area contributed by atoms with Gasteiger partial charge in [-0.2, -0.15) is 0 Å².